The second-order valence-electron chi connectivity index (χ2n) is 5.76. The van der Waals surface area contributed by atoms with Crippen molar-refractivity contribution in [2.75, 3.05) is 33.9 Å². The lowest BCUT2D eigenvalue weighted by atomic mass is 10.1. The molecule has 0 spiro atoms. The molecule has 1 rings (SSSR count). The third-order valence-corrected chi connectivity index (χ3v) is 3.53. The minimum atomic E-state index is -1.32. The Labute approximate surface area is 151 Å². The first-order valence-electron chi connectivity index (χ1n) is 8.25. The molecule has 0 aliphatic heterocycles. The second kappa shape index (κ2) is 10.5. The summed E-state index contributed by atoms with van der Waals surface area (Å²) < 4.78 is 9.62. The number of H-pyrrole nitrogens is 1. The minimum Gasteiger partial charge on any atom is -0.464 e. The summed E-state index contributed by atoms with van der Waals surface area (Å²) in [4.78, 5) is 37.2. The molecule has 0 aliphatic rings. The van der Waals surface area contributed by atoms with Crippen molar-refractivity contribution in [2.24, 2.45) is 0 Å². The van der Waals surface area contributed by atoms with E-state index < -0.39 is 24.0 Å². The molecule has 2 amide bonds. The van der Waals surface area contributed by atoms with E-state index in [0.29, 0.717) is 13.2 Å². The molecule has 10 nitrogen and oxygen atoms in total. The molecule has 0 radical (unpaired) electrons. The van der Waals surface area contributed by atoms with E-state index in [0.717, 1.165) is 0 Å². The van der Waals surface area contributed by atoms with E-state index in [2.05, 4.69) is 15.5 Å². The number of esters is 1. The number of nitrogens with one attached hydrogen (secondary N) is 2. The molecule has 3 N–H and O–H groups in total. The molecule has 1 heterocycles. The van der Waals surface area contributed by atoms with Crippen LogP contribution in [0.3, 0.4) is 0 Å². The minimum absolute atomic E-state index is 0.000535. The fraction of sp³-hybridized carbons (Fsp3) is 0.625. The SMILES string of the molecule is CCOC(=O)C(O)CC(C)NC(=O)c1cc(C(=O)N(C)CCOC)[nH]n1. The monoisotopic (exact) mass is 370 g/mol. The molecule has 2 atom stereocenters. The third kappa shape index (κ3) is 6.45. The summed E-state index contributed by atoms with van der Waals surface area (Å²) in [6, 6.07) is 0.845. The summed E-state index contributed by atoms with van der Waals surface area (Å²) in [5.41, 5.74) is 0.207. The molecule has 10 heteroatoms. The Morgan fingerprint density at radius 3 is 2.73 bits per heavy atom. The van der Waals surface area contributed by atoms with Gasteiger partial charge in [-0.15, -0.1) is 0 Å². The van der Waals surface area contributed by atoms with Crippen LogP contribution in [0.1, 0.15) is 41.2 Å². The summed E-state index contributed by atoms with van der Waals surface area (Å²) in [7, 11) is 3.15. The Bertz CT molecular complexity index is 618. The van der Waals surface area contributed by atoms with Crippen molar-refractivity contribution in [3.63, 3.8) is 0 Å². The number of carbonyl (C=O) groups is 3. The van der Waals surface area contributed by atoms with Crippen LogP contribution in [-0.4, -0.2) is 84.0 Å². The van der Waals surface area contributed by atoms with Crippen molar-refractivity contribution in [3.8, 4) is 0 Å². The fourth-order valence-corrected chi connectivity index (χ4v) is 2.11. The second-order valence-corrected chi connectivity index (χ2v) is 5.76. The first-order valence-corrected chi connectivity index (χ1v) is 8.25. The largest absolute Gasteiger partial charge is 0.464 e. The van der Waals surface area contributed by atoms with Crippen LogP contribution in [0.25, 0.3) is 0 Å². The summed E-state index contributed by atoms with van der Waals surface area (Å²) >= 11 is 0. The zero-order valence-electron chi connectivity index (χ0n) is 15.4. The highest BCUT2D eigenvalue weighted by molar-refractivity contribution is 5.97. The molecule has 0 fully saturated rings. The van der Waals surface area contributed by atoms with E-state index in [1.54, 1.807) is 20.9 Å². The molecule has 0 aromatic carbocycles. The van der Waals surface area contributed by atoms with E-state index in [4.69, 9.17) is 9.47 Å². The Balaban J connectivity index is 2.59. The van der Waals surface area contributed by atoms with Gasteiger partial charge in [0.15, 0.2) is 11.8 Å². The van der Waals surface area contributed by atoms with Gasteiger partial charge in [0.25, 0.3) is 11.8 Å². The van der Waals surface area contributed by atoms with E-state index in [9.17, 15) is 19.5 Å². The quantitative estimate of drug-likeness (QED) is 0.475. The van der Waals surface area contributed by atoms with Crippen LogP contribution in [0.5, 0.6) is 0 Å². The van der Waals surface area contributed by atoms with Gasteiger partial charge in [0.1, 0.15) is 5.69 Å². The first-order chi connectivity index (χ1) is 12.3. The standard InChI is InChI=1S/C16H26N4O6/c1-5-26-16(24)13(21)8-10(2)17-14(22)11-9-12(19-18-11)15(23)20(3)6-7-25-4/h9-10,13,21H,5-8H2,1-4H3,(H,17,22)(H,18,19). The maximum atomic E-state index is 12.2. The van der Waals surface area contributed by atoms with Crippen molar-refractivity contribution in [1.29, 1.82) is 0 Å². The number of aromatic nitrogens is 2. The van der Waals surface area contributed by atoms with Crippen LogP contribution in [-0.2, 0) is 14.3 Å². The molecule has 0 saturated carbocycles. The molecule has 26 heavy (non-hydrogen) atoms. The number of amides is 2. The van der Waals surface area contributed by atoms with Crippen molar-refractivity contribution in [2.45, 2.75) is 32.4 Å². The maximum Gasteiger partial charge on any atom is 0.335 e. The highest BCUT2D eigenvalue weighted by Gasteiger charge is 2.22. The van der Waals surface area contributed by atoms with Crippen molar-refractivity contribution in [3.05, 3.63) is 17.5 Å². The Morgan fingerprint density at radius 2 is 2.12 bits per heavy atom. The lowest BCUT2D eigenvalue weighted by Crippen LogP contribution is -2.37. The average molecular weight is 370 g/mol. The third-order valence-electron chi connectivity index (χ3n) is 3.53. The maximum absolute atomic E-state index is 12.2. The highest BCUT2D eigenvalue weighted by atomic mass is 16.5. The molecule has 1 aromatic rings. The topological polar surface area (TPSA) is 134 Å². The molecule has 2 unspecified atom stereocenters. The van der Waals surface area contributed by atoms with Crippen LogP contribution in [0.2, 0.25) is 0 Å². The summed E-state index contributed by atoms with van der Waals surface area (Å²) in [5.74, 6) is -1.58. The zero-order chi connectivity index (χ0) is 19.7. The Morgan fingerprint density at radius 1 is 1.42 bits per heavy atom. The summed E-state index contributed by atoms with van der Waals surface area (Å²) in [6.07, 6.45) is -1.32. The van der Waals surface area contributed by atoms with Gasteiger partial charge in [-0.05, 0) is 13.8 Å². The highest BCUT2D eigenvalue weighted by Crippen LogP contribution is 2.06. The van der Waals surface area contributed by atoms with E-state index in [-0.39, 0.29) is 30.3 Å². The lowest BCUT2D eigenvalue weighted by molar-refractivity contribution is -0.153. The number of carbonyl (C=O) groups excluding carboxylic acids is 3. The van der Waals surface area contributed by atoms with Gasteiger partial charge in [0, 0.05) is 39.2 Å². The van der Waals surface area contributed by atoms with Gasteiger partial charge in [0.05, 0.1) is 13.2 Å². The number of hydrogen-bond acceptors (Lipinski definition) is 7. The Kier molecular flexibility index (Phi) is 8.73. The zero-order valence-corrected chi connectivity index (χ0v) is 15.4. The van der Waals surface area contributed by atoms with Gasteiger partial charge in [-0.1, -0.05) is 0 Å². The number of aliphatic hydroxyl groups is 1. The van der Waals surface area contributed by atoms with Gasteiger partial charge < -0.3 is 24.8 Å². The van der Waals surface area contributed by atoms with Crippen molar-refractivity contribution < 1.29 is 29.0 Å². The van der Waals surface area contributed by atoms with Crippen LogP contribution < -0.4 is 5.32 Å². The predicted molar refractivity (Wildman–Crippen MR) is 91.6 cm³/mol. The molecule has 0 saturated heterocycles. The van der Waals surface area contributed by atoms with E-state index in [1.165, 1.54) is 18.1 Å². The number of rotatable bonds is 10. The Hall–Kier alpha value is -2.46. The lowest BCUT2D eigenvalue weighted by Gasteiger charge is -2.16. The van der Waals surface area contributed by atoms with Crippen LogP contribution in [0.4, 0.5) is 0 Å². The fourth-order valence-electron chi connectivity index (χ4n) is 2.11. The van der Waals surface area contributed by atoms with Gasteiger partial charge in [-0.2, -0.15) is 5.10 Å². The van der Waals surface area contributed by atoms with Gasteiger partial charge >= 0.3 is 5.97 Å². The molecular weight excluding hydrogens is 344 g/mol. The van der Waals surface area contributed by atoms with Gasteiger partial charge in [0.2, 0.25) is 0 Å². The van der Waals surface area contributed by atoms with Crippen LogP contribution >= 0.6 is 0 Å². The summed E-state index contributed by atoms with van der Waals surface area (Å²) in [5, 5.41) is 18.7. The number of hydrogen-bond donors (Lipinski definition) is 3. The van der Waals surface area contributed by atoms with Crippen LogP contribution in [0.15, 0.2) is 6.07 Å². The van der Waals surface area contributed by atoms with Crippen molar-refractivity contribution >= 4 is 17.8 Å². The van der Waals surface area contributed by atoms with Gasteiger partial charge in [-0.3, -0.25) is 14.7 Å². The average Bonchev–Trinajstić information content (AvgIpc) is 3.09. The van der Waals surface area contributed by atoms with E-state index >= 15 is 0 Å². The normalized spacial score (nSPS) is 13.0. The van der Waals surface area contributed by atoms with Gasteiger partial charge in [-0.25, -0.2) is 4.79 Å². The van der Waals surface area contributed by atoms with Crippen LogP contribution in [0, 0.1) is 0 Å². The number of aromatic amines is 1. The summed E-state index contributed by atoms with van der Waals surface area (Å²) in [6.45, 7) is 4.23. The molecule has 0 aliphatic carbocycles. The molecule has 0 bridgehead atoms. The first kappa shape index (κ1) is 21.6. The number of aliphatic hydroxyl groups excluding tert-OH is 1. The number of nitrogens with zero attached hydrogens (tertiary/aromatic N) is 2. The molecule has 146 valence electrons. The number of likely N-dealkylation sites (N-methyl/N-ethyl adjacent to an activating group) is 1. The van der Waals surface area contributed by atoms with E-state index in [1.807, 2.05) is 0 Å². The predicted octanol–water partition coefficient (Wildman–Crippen LogP) is -0.439. The molecule has 1 aromatic heterocycles. The smallest absolute Gasteiger partial charge is 0.335 e. The number of methoxy groups -OCH3 is 1. The number of ether oxygens (including phenoxy) is 2. The van der Waals surface area contributed by atoms with Crippen molar-refractivity contribution in [1.82, 2.24) is 20.4 Å². The molecular formula is C16H26N4O6.